The molecule has 80 valence electrons. The zero-order valence-corrected chi connectivity index (χ0v) is 8.79. The number of aromatic nitrogens is 1. The maximum absolute atomic E-state index is 10.9. The van der Waals surface area contributed by atoms with Crippen molar-refractivity contribution in [2.24, 2.45) is 5.92 Å². The third-order valence-electron chi connectivity index (χ3n) is 2.35. The van der Waals surface area contributed by atoms with Gasteiger partial charge >= 0.3 is 5.97 Å². The van der Waals surface area contributed by atoms with Crippen LogP contribution >= 0.6 is 11.6 Å². The van der Waals surface area contributed by atoms with Crippen molar-refractivity contribution in [3.8, 4) is 0 Å². The number of carboxylic acid groups (broad SMARTS) is 1. The molecule has 1 aromatic rings. The van der Waals surface area contributed by atoms with E-state index < -0.39 is 5.97 Å². The molecule has 2 rings (SSSR count). The minimum atomic E-state index is -0.988. The number of anilines is 1. The van der Waals surface area contributed by atoms with Crippen molar-refractivity contribution in [3.05, 3.63) is 22.8 Å². The normalized spacial score (nSPS) is 15.0. The van der Waals surface area contributed by atoms with E-state index in [1.54, 1.807) is 0 Å². The summed E-state index contributed by atoms with van der Waals surface area (Å²) in [5.74, 6) is 0.0341. The largest absolute Gasteiger partial charge is 0.478 e. The van der Waals surface area contributed by atoms with Gasteiger partial charge in [-0.25, -0.2) is 9.78 Å². The fraction of sp³-hybridized carbons (Fsp3) is 0.400. The first kappa shape index (κ1) is 10.2. The van der Waals surface area contributed by atoms with Crippen LogP contribution in [-0.4, -0.2) is 22.6 Å². The molecule has 1 saturated carbocycles. The number of carbonyl (C=O) groups is 1. The Balaban J connectivity index is 2.16. The lowest BCUT2D eigenvalue weighted by Gasteiger charge is -2.07. The highest BCUT2D eigenvalue weighted by molar-refractivity contribution is 6.29. The van der Waals surface area contributed by atoms with E-state index in [0.29, 0.717) is 16.9 Å². The van der Waals surface area contributed by atoms with Gasteiger partial charge in [0.1, 0.15) is 16.5 Å². The highest BCUT2D eigenvalue weighted by atomic mass is 35.5. The number of pyridine rings is 1. The number of nitrogens with one attached hydrogen (secondary N) is 1. The summed E-state index contributed by atoms with van der Waals surface area (Å²) in [6, 6.07) is 2.94. The van der Waals surface area contributed by atoms with Crippen LogP contribution in [0.5, 0.6) is 0 Å². The van der Waals surface area contributed by atoms with Crippen molar-refractivity contribution in [1.82, 2.24) is 4.98 Å². The van der Waals surface area contributed by atoms with Gasteiger partial charge in [0.15, 0.2) is 0 Å². The zero-order chi connectivity index (χ0) is 10.8. The maximum atomic E-state index is 10.9. The lowest BCUT2D eigenvalue weighted by Crippen LogP contribution is -2.10. The molecule has 1 fully saturated rings. The minimum absolute atomic E-state index is 0.167. The minimum Gasteiger partial charge on any atom is -0.478 e. The van der Waals surface area contributed by atoms with Gasteiger partial charge in [-0.05, 0) is 30.9 Å². The third kappa shape index (κ3) is 2.59. The van der Waals surface area contributed by atoms with E-state index in [1.165, 1.54) is 25.0 Å². The molecule has 0 amide bonds. The van der Waals surface area contributed by atoms with Crippen LogP contribution in [0.25, 0.3) is 0 Å². The topological polar surface area (TPSA) is 62.2 Å². The van der Waals surface area contributed by atoms with Crippen LogP contribution < -0.4 is 5.32 Å². The second-order valence-electron chi connectivity index (χ2n) is 3.66. The molecule has 0 radical (unpaired) electrons. The van der Waals surface area contributed by atoms with Gasteiger partial charge in [-0.3, -0.25) is 0 Å². The van der Waals surface area contributed by atoms with Gasteiger partial charge in [0.05, 0.1) is 0 Å². The van der Waals surface area contributed by atoms with Crippen LogP contribution in [0.2, 0.25) is 5.15 Å². The summed E-state index contributed by atoms with van der Waals surface area (Å²) in [5.41, 5.74) is 0.167. The quantitative estimate of drug-likeness (QED) is 0.773. The van der Waals surface area contributed by atoms with Gasteiger partial charge in [-0.2, -0.15) is 0 Å². The fourth-order valence-electron chi connectivity index (χ4n) is 1.31. The molecule has 1 aliphatic rings. The Labute approximate surface area is 92.3 Å². The SMILES string of the molecule is O=C(O)c1ccc(Cl)nc1NCC1CC1. The summed E-state index contributed by atoms with van der Waals surface area (Å²) in [5, 5.41) is 12.2. The first-order valence-corrected chi connectivity index (χ1v) is 5.18. The van der Waals surface area contributed by atoms with Crippen LogP contribution in [-0.2, 0) is 0 Å². The number of rotatable bonds is 4. The van der Waals surface area contributed by atoms with Crippen molar-refractivity contribution >= 4 is 23.4 Å². The van der Waals surface area contributed by atoms with Crippen molar-refractivity contribution < 1.29 is 9.90 Å². The Bertz CT molecular complexity index is 391. The zero-order valence-electron chi connectivity index (χ0n) is 8.03. The van der Waals surface area contributed by atoms with Crippen LogP contribution in [0.1, 0.15) is 23.2 Å². The first-order chi connectivity index (χ1) is 7.16. The van der Waals surface area contributed by atoms with Gasteiger partial charge < -0.3 is 10.4 Å². The van der Waals surface area contributed by atoms with Crippen LogP contribution in [0, 0.1) is 5.92 Å². The summed E-state index contributed by atoms with van der Waals surface area (Å²) in [6.07, 6.45) is 2.41. The molecule has 1 aromatic heterocycles. The Kier molecular flexibility index (Phi) is 2.77. The lowest BCUT2D eigenvalue weighted by molar-refractivity contribution is 0.0697. The lowest BCUT2D eigenvalue weighted by atomic mass is 10.2. The predicted octanol–water partition coefficient (Wildman–Crippen LogP) is 2.26. The van der Waals surface area contributed by atoms with Crippen LogP contribution in [0.4, 0.5) is 5.82 Å². The Hall–Kier alpha value is -1.29. The molecule has 1 aliphatic carbocycles. The average Bonchev–Trinajstić information content (AvgIpc) is 2.97. The molecule has 0 aliphatic heterocycles. The summed E-state index contributed by atoms with van der Waals surface area (Å²) < 4.78 is 0. The highest BCUT2D eigenvalue weighted by Crippen LogP contribution is 2.29. The molecular formula is C10H11ClN2O2. The summed E-state index contributed by atoms with van der Waals surface area (Å²) >= 11 is 5.71. The third-order valence-corrected chi connectivity index (χ3v) is 2.56. The number of carboxylic acids is 1. The van der Waals surface area contributed by atoms with Gasteiger partial charge in [-0.1, -0.05) is 11.6 Å². The number of hydrogen-bond acceptors (Lipinski definition) is 3. The number of aromatic carboxylic acids is 1. The van der Waals surface area contributed by atoms with E-state index in [0.717, 1.165) is 6.54 Å². The summed E-state index contributed by atoms with van der Waals surface area (Å²) in [7, 11) is 0. The second-order valence-corrected chi connectivity index (χ2v) is 4.05. The van der Waals surface area contributed by atoms with Gasteiger partial charge in [-0.15, -0.1) is 0 Å². The molecule has 0 saturated heterocycles. The molecule has 5 heteroatoms. The van der Waals surface area contributed by atoms with Crippen molar-refractivity contribution in [1.29, 1.82) is 0 Å². The number of nitrogens with zero attached hydrogens (tertiary/aromatic N) is 1. The molecule has 0 spiro atoms. The summed E-state index contributed by atoms with van der Waals surface area (Å²) in [6.45, 7) is 0.771. The maximum Gasteiger partial charge on any atom is 0.339 e. The van der Waals surface area contributed by atoms with E-state index in [-0.39, 0.29) is 5.56 Å². The van der Waals surface area contributed by atoms with Gasteiger partial charge in [0.25, 0.3) is 0 Å². The Morgan fingerprint density at radius 1 is 1.60 bits per heavy atom. The molecule has 0 bridgehead atoms. The van der Waals surface area contributed by atoms with E-state index in [1.807, 2.05) is 0 Å². The molecule has 0 aromatic carbocycles. The van der Waals surface area contributed by atoms with E-state index in [2.05, 4.69) is 10.3 Å². The van der Waals surface area contributed by atoms with Crippen molar-refractivity contribution in [2.75, 3.05) is 11.9 Å². The number of hydrogen-bond donors (Lipinski definition) is 2. The Morgan fingerprint density at radius 2 is 2.33 bits per heavy atom. The monoisotopic (exact) mass is 226 g/mol. The molecular weight excluding hydrogens is 216 g/mol. The number of halogens is 1. The molecule has 15 heavy (non-hydrogen) atoms. The van der Waals surface area contributed by atoms with E-state index >= 15 is 0 Å². The second kappa shape index (κ2) is 4.06. The molecule has 1 heterocycles. The summed E-state index contributed by atoms with van der Waals surface area (Å²) in [4.78, 5) is 14.8. The van der Waals surface area contributed by atoms with Crippen LogP contribution in [0.3, 0.4) is 0 Å². The van der Waals surface area contributed by atoms with Gasteiger partial charge in [0, 0.05) is 6.54 Å². The highest BCUT2D eigenvalue weighted by Gasteiger charge is 2.22. The predicted molar refractivity (Wildman–Crippen MR) is 57.4 cm³/mol. The standard InChI is InChI=1S/C10H11ClN2O2/c11-8-4-3-7(10(14)15)9(13-8)12-5-6-1-2-6/h3-4,6H,1-2,5H2,(H,12,13)(H,14,15). The van der Waals surface area contributed by atoms with Crippen molar-refractivity contribution in [3.63, 3.8) is 0 Å². The smallest absolute Gasteiger partial charge is 0.339 e. The fourth-order valence-corrected chi connectivity index (χ4v) is 1.45. The molecule has 0 atom stereocenters. The van der Waals surface area contributed by atoms with Crippen LogP contribution in [0.15, 0.2) is 12.1 Å². The average molecular weight is 227 g/mol. The van der Waals surface area contributed by atoms with Gasteiger partial charge in [0.2, 0.25) is 0 Å². The first-order valence-electron chi connectivity index (χ1n) is 4.80. The van der Waals surface area contributed by atoms with E-state index in [4.69, 9.17) is 16.7 Å². The molecule has 0 unspecified atom stereocenters. The Morgan fingerprint density at radius 3 is 2.93 bits per heavy atom. The van der Waals surface area contributed by atoms with E-state index in [9.17, 15) is 4.79 Å². The molecule has 2 N–H and O–H groups in total. The molecule has 4 nitrogen and oxygen atoms in total. The van der Waals surface area contributed by atoms with Crippen molar-refractivity contribution in [2.45, 2.75) is 12.8 Å².